The van der Waals surface area contributed by atoms with E-state index in [4.69, 9.17) is 9.97 Å². The van der Waals surface area contributed by atoms with E-state index in [0.29, 0.717) is 0 Å². The zero-order chi connectivity index (χ0) is 16.7. The Kier molecular flexibility index (Phi) is 3.74. The van der Waals surface area contributed by atoms with E-state index in [1.807, 2.05) is 0 Å². The maximum absolute atomic E-state index is 5.00. The van der Waals surface area contributed by atoms with Crippen LogP contribution in [0.4, 0.5) is 0 Å². The molecule has 0 radical (unpaired) electrons. The lowest BCUT2D eigenvalue weighted by Crippen LogP contribution is -2.11. The maximum Gasteiger partial charge on any atom is 0.108 e. The van der Waals surface area contributed by atoms with Gasteiger partial charge in [-0.25, -0.2) is 9.97 Å². The van der Waals surface area contributed by atoms with Gasteiger partial charge in [-0.05, 0) is 46.0 Å². The van der Waals surface area contributed by atoms with Crippen molar-refractivity contribution in [3.05, 3.63) is 58.8 Å². The Bertz CT molecular complexity index is 979. The third-order valence-electron chi connectivity index (χ3n) is 4.04. The van der Waals surface area contributed by atoms with Crippen LogP contribution in [0, 0.1) is 0 Å². The molecule has 3 aromatic heterocycles. The van der Waals surface area contributed by atoms with E-state index in [-0.39, 0.29) is 5.41 Å². The molecule has 0 atom stereocenters. The Morgan fingerprint density at radius 2 is 1.33 bits per heavy atom. The van der Waals surface area contributed by atoms with Crippen molar-refractivity contribution in [1.82, 2.24) is 9.97 Å². The highest BCUT2D eigenvalue weighted by atomic mass is 32.1. The summed E-state index contributed by atoms with van der Waals surface area (Å²) in [6.45, 7) is 6.67. The second-order valence-electron chi connectivity index (χ2n) is 6.83. The van der Waals surface area contributed by atoms with Gasteiger partial charge in [0.05, 0.1) is 20.8 Å². The zero-order valence-electron chi connectivity index (χ0n) is 13.9. The zero-order valence-corrected chi connectivity index (χ0v) is 15.5. The number of benzene rings is 1. The minimum Gasteiger partial charge on any atom is -0.243 e. The van der Waals surface area contributed by atoms with Gasteiger partial charge in [-0.15, -0.1) is 22.7 Å². The van der Waals surface area contributed by atoms with Crippen LogP contribution in [0.5, 0.6) is 0 Å². The van der Waals surface area contributed by atoms with Crippen LogP contribution in [0.15, 0.2) is 53.2 Å². The highest BCUT2D eigenvalue weighted by Gasteiger charge is 2.18. The van der Waals surface area contributed by atoms with Crippen molar-refractivity contribution in [3.8, 4) is 21.1 Å². The van der Waals surface area contributed by atoms with E-state index >= 15 is 0 Å². The van der Waals surface area contributed by atoms with Crippen LogP contribution < -0.4 is 0 Å². The molecule has 24 heavy (non-hydrogen) atoms. The predicted octanol–water partition coefficient (Wildman–Crippen LogP) is 6.38. The predicted molar refractivity (Wildman–Crippen MR) is 105 cm³/mol. The van der Waals surface area contributed by atoms with Gasteiger partial charge in [0, 0.05) is 0 Å². The largest absolute Gasteiger partial charge is 0.243 e. The quantitative estimate of drug-likeness (QED) is 0.419. The summed E-state index contributed by atoms with van der Waals surface area (Å²) in [5.74, 6) is 0. The summed E-state index contributed by atoms with van der Waals surface area (Å²) < 4.78 is 0. The van der Waals surface area contributed by atoms with Gasteiger partial charge in [-0.1, -0.05) is 39.0 Å². The summed E-state index contributed by atoms with van der Waals surface area (Å²) in [5, 5.41) is 4.17. The highest BCUT2D eigenvalue weighted by molar-refractivity contribution is 7.14. The Balaban J connectivity index is 1.99. The number of rotatable bonds is 2. The molecule has 0 saturated heterocycles. The Hall–Kier alpha value is -2.04. The van der Waals surface area contributed by atoms with Gasteiger partial charge in [-0.2, -0.15) is 0 Å². The van der Waals surface area contributed by atoms with Crippen molar-refractivity contribution >= 4 is 33.7 Å². The Labute approximate surface area is 149 Å². The molecule has 0 fully saturated rings. The molecule has 0 aliphatic rings. The lowest BCUT2D eigenvalue weighted by molar-refractivity contribution is 0.591. The van der Waals surface area contributed by atoms with Crippen molar-refractivity contribution in [1.29, 1.82) is 0 Å². The second-order valence-corrected chi connectivity index (χ2v) is 8.72. The fraction of sp³-hybridized carbons (Fsp3) is 0.200. The summed E-state index contributed by atoms with van der Waals surface area (Å²) in [6.07, 6.45) is 0. The van der Waals surface area contributed by atoms with Crippen molar-refractivity contribution in [2.75, 3.05) is 0 Å². The van der Waals surface area contributed by atoms with E-state index in [9.17, 15) is 0 Å². The number of hydrogen-bond acceptors (Lipinski definition) is 4. The number of hydrogen-bond donors (Lipinski definition) is 0. The summed E-state index contributed by atoms with van der Waals surface area (Å²) in [7, 11) is 0. The van der Waals surface area contributed by atoms with Gasteiger partial charge in [-0.3, -0.25) is 0 Å². The van der Waals surface area contributed by atoms with Crippen molar-refractivity contribution in [3.63, 3.8) is 0 Å². The smallest absolute Gasteiger partial charge is 0.108 e. The topological polar surface area (TPSA) is 25.8 Å². The summed E-state index contributed by atoms with van der Waals surface area (Å²) in [6, 6.07) is 14.8. The summed E-state index contributed by atoms with van der Waals surface area (Å²) in [4.78, 5) is 12.3. The minimum absolute atomic E-state index is 0.103. The highest BCUT2D eigenvalue weighted by Crippen LogP contribution is 2.36. The molecule has 4 rings (SSSR count). The fourth-order valence-electron chi connectivity index (χ4n) is 2.69. The molecule has 0 unspecified atom stereocenters. The van der Waals surface area contributed by atoms with Crippen molar-refractivity contribution < 1.29 is 0 Å². The lowest BCUT2D eigenvalue weighted by Gasteiger charge is -2.19. The molecule has 1 aromatic carbocycles. The van der Waals surface area contributed by atoms with Gasteiger partial charge < -0.3 is 0 Å². The molecule has 0 aliphatic heterocycles. The SMILES string of the molecule is CC(C)(C)c1ccc2nc(-c3cccs3)c(-c3cccs3)nc2c1. The van der Waals surface area contributed by atoms with Gasteiger partial charge in [0.25, 0.3) is 0 Å². The average Bonchev–Trinajstić information content (AvgIpc) is 3.25. The Morgan fingerprint density at radius 3 is 1.83 bits per heavy atom. The number of nitrogens with zero attached hydrogens (tertiary/aromatic N) is 2. The number of fused-ring (bicyclic) bond motifs is 1. The van der Waals surface area contributed by atoms with Crippen LogP contribution in [0.25, 0.3) is 32.2 Å². The first kappa shape index (κ1) is 15.5. The van der Waals surface area contributed by atoms with E-state index in [2.05, 4.69) is 74.0 Å². The van der Waals surface area contributed by atoms with Crippen LogP contribution in [0.1, 0.15) is 26.3 Å². The molecular weight excluding hydrogens is 332 g/mol. The fourth-order valence-corrected chi connectivity index (χ4v) is 4.12. The normalized spacial score (nSPS) is 12.0. The first-order chi connectivity index (χ1) is 11.5. The van der Waals surface area contributed by atoms with Gasteiger partial charge in [0.2, 0.25) is 0 Å². The van der Waals surface area contributed by atoms with Gasteiger partial charge >= 0.3 is 0 Å². The molecule has 0 spiro atoms. The number of thiophene rings is 2. The van der Waals surface area contributed by atoms with Crippen LogP contribution in [0.3, 0.4) is 0 Å². The van der Waals surface area contributed by atoms with E-state index in [1.165, 1.54) is 5.56 Å². The molecular formula is C20H18N2S2. The first-order valence-corrected chi connectivity index (χ1v) is 9.68. The summed E-state index contributed by atoms with van der Waals surface area (Å²) in [5.41, 5.74) is 5.25. The standard InChI is InChI=1S/C20H18N2S2/c1-20(2,3)13-8-9-14-15(12-13)22-19(17-7-5-11-24-17)18(21-14)16-6-4-10-23-16/h4-12H,1-3H3. The Morgan fingerprint density at radius 1 is 0.750 bits per heavy atom. The molecule has 4 heteroatoms. The monoisotopic (exact) mass is 350 g/mol. The summed E-state index contributed by atoms with van der Waals surface area (Å²) >= 11 is 3.41. The van der Waals surface area contributed by atoms with E-state index < -0.39 is 0 Å². The number of aromatic nitrogens is 2. The van der Waals surface area contributed by atoms with Crippen LogP contribution in [-0.4, -0.2) is 9.97 Å². The molecule has 0 aliphatic carbocycles. The van der Waals surface area contributed by atoms with Gasteiger partial charge in [0.1, 0.15) is 11.4 Å². The van der Waals surface area contributed by atoms with Crippen molar-refractivity contribution in [2.24, 2.45) is 0 Å². The molecule has 0 saturated carbocycles. The molecule has 0 bridgehead atoms. The van der Waals surface area contributed by atoms with Crippen molar-refractivity contribution in [2.45, 2.75) is 26.2 Å². The second kappa shape index (κ2) is 5.80. The molecule has 4 aromatic rings. The molecule has 0 amide bonds. The maximum atomic E-state index is 5.00. The molecule has 3 heterocycles. The van der Waals surface area contributed by atoms with Gasteiger partial charge in [0.15, 0.2) is 0 Å². The lowest BCUT2D eigenvalue weighted by atomic mass is 9.87. The average molecular weight is 351 g/mol. The van der Waals surface area contributed by atoms with Crippen LogP contribution in [0.2, 0.25) is 0 Å². The van der Waals surface area contributed by atoms with Crippen LogP contribution in [-0.2, 0) is 5.41 Å². The molecule has 2 nitrogen and oxygen atoms in total. The van der Waals surface area contributed by atoms with Crippen LogP contribution >= 0.6 is 22.7 Å². The third-order valence-corrected chi connectivity index (χ3v) is 5.79. The first-order valence-electron chi connectivity index (χ1n) is 7.92. The van der Waals surface area contributed by atoms with E-state index in [0.717, 1.165) is 32.2 Å². The minimum atomic E-state index is 0.103. The van der Waals surface area contributed by atoms with E-state index in [1.54, 1.807) is 22.7 Å². The molecule has 120 valence electrons. The molecule has 0 N–H and O–H groups in total. The third kappa shape index (κ3) is 2.76.